The van der Waals surface area contributed by atoms with Crippen LogP contribution in [0.25, 0.3) is 0 Å². The van der Waals surface area contributed by atoms with E-state index in [-0.39, 0.29) is 17.9 Å². The van der Waals surface area contributed by atoms with Gasteiger partial charge in [-0.1, -0.05) is 0 Å². The van der Waals surface area contributed by atoms with E-state index in [9.17, 15) is 22.8 Å². The Hall–Kier alpha value is -1.84. The highest BCUT2D eigenvalue weighted by Crippen LogP contribution is 2.23. The van der Waals surface area contributed by atoms with Crippen LogP contribution in [-0.2, 0) is 19.4 Å². The highest BCUT2D eigenvalue weighted by Gasteiger charge is 2.40. The van der Waals surface area contributed by atoms with Crippen molar-refractivity contribution in [2.75, 3.05) is 24.6 Å². The number of rotatable bonds is 5. The number of aliphatic carboxylic acids is 2. The molecule has 1 aliphatic rings. The van der Waals surface area contributed by atoms with Gasteiger partial charge in [0, 0.05) is 0 Å². The van der Waals surface area contributed by atoms with Crippen molar-refractivity contribution < 1.29 is 33.0 Å². The minimum Gasteiger partial charge on any atom is -0.480 e. The van der Waals surface area contributed by atoms with Gasteiger partial charge in [0.15, 0.2) is 9.84 Å². The molecule has 0 aromatic rings. The van der Waals surface area contributed by atoms with Crippen LogP contribution in [0.1, 0.15) is 13.3 Å². The Labute approximate surface area is 115 Å². The predicted molar refractivity (Wildman–Crippen MR) is 67.1 cm³/mol. The fraction of sp³-hybridized carbons (Fsp3) is 0.700. The number of nitrogens with one attached hydrogen (secondary N) is 1. The maximum absolute atomic E-state index is 11.9. The van der Waals surface area contributed by atoms with Crippen LogP contribution in [-0.4, -0.2) is 71.6 Å². The van der Waals surface area contributed by atoms with Crippen molar-refractivity contribution in [2.24, 2.45) is 0 Å². The topological polar surface area (TPSA) is 141 Å². The summed E-state index contributed by atoms with van der Waals surface area (Å²) >= 11 is 0. The first-order valence-corrected chi connectivity index (χ1v) is 7.56. The van der Waals surface area contributed by atoms with Crippen molar-refractivity contribution >= 4 is 27.8 Å². The summed E-state index contributed by atoms with van der Waals surface area (Å²) in [5, 5.41) is 19.7. The van der Waals surface area contributed by atoms with Gasteiger partial charge in [-0.2, -0.15) is 0 Å². The van der Waals surface area contributed by atoms with Gasteiger partial charge >= 0.3 is 18.0 Å². The fourth-order valence-electron chi connectivity index (χ4n) is 1.97. The average molecular weight is 308 g/mol. The molecule has 0 spiro atoms. The van der Waals surface area contributed by atoms with Gasteiger partial charge in [-0.25, -0.2) is 13.2 Å². The molecular weight excluding hydrogens is 292 g/mol. The molecule has 1 aliphatic heterocycles. The lowest BCUT2D eigenvalue weighted by Crippen LogP contribution is -2.54. The predicted octanol–water partition coefficient (Wildman–Crippen LogP) is -1.26. The number of hydrogen-bond donors (Lipinski definition) is 3. The number of carboxylic acids is 2. The quantitative estimate of drug-likeness (QED) is 0.575. The summed E-state index contributed by atoms with van der Waals surface area (Å²) in [5.74, 6) is -3.03. The van der Waals surface area contributed by atoms with Crippen molar-refractivity contribution in [3.05, 3.63) is 0 Å². The van der Waals surface area contributed by atoms with Crippen molar-refractivity contribution in [1.82, 2.24) is 10.2 Å². The fourth-order valence-corrected chi connectivity index (χ4v) is 4.07. The summed E-state index contributed by atoms with van der Waals surface area (Å²) in [6, 6.07) is -0.908. The minimum absolute atomic E-state index is 0.0678. The summed E-state index contributed by atoms with van der Waals surface area (Å²) in [6.45, 7) is -0.0307. The monoisotopic (exact) mass is 308 g/mol. The molecule has 1 fully saturated rings. The molecule has 0 aliphatic carbocycles. The molecule has 1 saturated heterocycles. The van der Waals surface area contributed by atoms with Gasteiger partial charge in [0.1, 0.15) is 13.1 Å². The molecule has 1 rings (SSSR count). The number of sulfone groups is 1. The number of carbonyl (C=O) groups is 3. The summed E-state index contributed by atoms with van der Waals surface area (Å²) in [7, 11) is -3.24. The van der Waals surface area contributed by atoms with Crippen LogP contribution in [0.15, 0.2) is 0 Å². The molecular formula is C10H16N2O7S. The van der Waals surface area contributed by atoms with E-state index >= 15 is 0 Å². The van der Waals surface area contributed by atoms with Gasteiger partial charge in [0.05, 0.1) is 17.0 Å². The summed E-state index contributed by atoms with van der Waals surface area (Å²) in [5.41, 5.74) is -1.01. The molecule has 3 N–H and O–H groups in total. The Kier molecular flexibility index (Phi) is 4.58. The highest BCUT2D eigenvalue weighted by atomic mass is 32.2. The van der Waals surface area contributed by atoms with E-state index < -0.39 is 46.4 Å². The SMILES string of the molecule is CC1(NC(=O)N(CC(=O)O)CC(=O)O)CCS(=O)(=O)C1. The molecule has 1 unspecified atom stereocenters. The van der Waals surface area contributed by atoms with Gasteiger partial charge in [0.25, 0.3) is 0 Å². The zero-order chi connectivity index (χ0) is 15.6. The second-order valence-electron chi connectivity index (χ2n) is 4.98. The van der Waals surface area contributed by atoms with Crippen molar-refractivity contribution in [2.45, 2.75) is 18.9 Å². The number of urea groups is 1. The average Bonchev–Trinajstić information content (AvgIpc) is 2.50. The molecule has 0 aromatic heterocycles. The number of amides is 2. The summed E-state index contributed by atoms with van der Waals surface area (Å²) < 4.78 is 22.8. The standard InChI is InChI=1S/C10H16N2O7S/c1-10(2-3-20(18,19)6-10)11-9(17)12(4-7(13)14)5-8(15)16/h2-6H2,1H3,(H,11,17)(H,13,14)(H,15,16). The maximum atomic E-state index is 11.9. The van der Waals surface area contributed by atoms with Crippen molar-refractivity contribution in [1.29, 1.82) is 0 Å². The summed E-state index contributed by atoms with van der Waals surface area (Å²) in [4.78, 5) is 33.7. The third-order valence-electron chi connectivity index (χ3n) is 2.85. The zero-order valence-corrected chi connectivity index (χ0v) is 11.6. The van der Waals surface area contributed by atoms with E-state index in [1.54, 1.807) is 0 Å². The van der Waals surface area contributed by atoms with E-state index in [0.717, 1.165) is 0 Å². The van der Waals surface area contributed by atoms with E-state index in [2.05, 4.69) is 5.32 Å². The molecule has 0 bridgehead atoms. The van der Waals surface area contributed by atoms with Crippen molar-refractivity contribution in [3.8, 4) is 0 Å². The van der Waals surface area contributed by atoms with Crippen LogP contribution in [0.4, 0.5) is 4.79 Å². The van der Waals surface area contributed by atoms with Gasteiger partial charge in [-0.05, 0) is 13.3 Å². The number of carbonyl (C=O) groups excluding carboxylic acids is 1. The molecule has 1 atom stereocenters. The molecule has 0 saturated carbocycles. The van der Waals surface area contributed by atoms with Gasteiger partial charge < -0.3 is 20.4 Å². The first kappa shape index (κ1) is 16.2. The maximum Gasteiger partial charge on any atom is 0.323 e. The highest BCUT2D eigenvalue weighted by molar-refractivity contribution is 7.91. The normalized spacial score (nSPS) is 24.1. The molecule has 9 nitrogen and oxygen atoms in total. The molecule has 10 heteroatoms. The second kappa shape index (κ2) is 5.65. The number of nitrogens with zero attached hydrogens (tertiary/aromatic N) is 1. The number of hydrogen-bond acceptors (Lipinski definition) is 5. The smallest absolute Gasteiger partial charge is 0.323 e. The lowest BCUT2D eigenvalue weighted by Gasteiger charge is -2.28. The largest absolute Gasteiger partial charge is 0.480 e. The Morgan fingerprint density at radius 3 is 2.05 bits per heavy atom. The van der Waals surface area contributed by atoms with E-state index in [4.69, 9.17) is 10.2 Å². The van der Waals surface area contributed by atoms with Crippen molar-refractivity contribution in [3.63, 3.8) is 0 Å². The number of carboxylic acid groups (broad SMARTS) is 2. The minimum atomic E-state index is -3.24. The van der Waals surface area contributed by atoms with Gasteiger partial charge in [-0.15, -0.1) is 0 Å². The van der Waals surface area contributed by atoms with Gasteiger partial charge in [-0.3, -0.25) is 9.59 Å². The van der Waals surface area contributed by atoms with Crippen LogP contribution < -0.4 is 5.32 Å². The zero-order valence-electron chi connectivity index (χ0n) is 10.8. The van der Waals surface area contributed by atoms with E-state index in [1.807, 2.05) is 0 Å². The van der Waals surface area contributed by atoms with Crippen LogP contribution in [0.3, 0.4) is 0 Å². The first-order valence-electron chi connectivity index (χ1n) is 5.74. The van der Waals surface area contributed by atoms with Crippen LogP contribution in [0.2, 0.25) is 0 Å². The third kappa shape index (κ3) is 4.68. The van der Waals surface area contributed by atoms with Gasteiger partial charge in [0.2, 0.25) is 0 Å². The van der Waals surface area contributed by atoms with Crippen LogP contribution in [0.5, 0.6) is 0 Å². The second-order valence-corrected chi connectivity index (χ2v) is 7.16. The van der Waals surface area contributed by atoms with E-state index in [0.29, 0.717) is 4.90 Å². The Balaban J connectivity index is 2.75. The van der Waals surface area contributed by atoms with E-state index in [1.165, 1.54) is 6.92 Å². The molecule has 20 heavy (non-hydrogen) atoms. The molecule has 2 amide bonds. The molecule has 1 heterocycles. The Bertz CT molecular complexity index is 514. The molecule has 0 radical (unpaired) electrons. The van der Waals surface area contributed by atoms with Crippen LogP contribution in [0, 0.1) is 0 Å². The first-order chi connectivity index (χ1) is 9.03. The Morgan fingerprint density at radius 2 is 1.70 bits per heavy atom. The summed E-state index contributed by atoms with van der Waals surface area (Å²) in [6.07, 6.45) is 0.203. The lowest BCUT2D eigenvalue weighted by atomic mass is 10.0. The third-order valence-corrected chi connectivity index (χ3v) is 4.75. The Morgan fingerprint density at radius 1 is 1.20 bits per heavy atom. The molecule has 0 aromatic carbocycles. The molecule has 114 valence electrons. The lowest BCUT2D eigenvalue weighted by molar-refractivity contribution is -0.140. The van der Waals surface area contributed by atoms with Crippen LogP contribution >= 0.6 is 0 Å².